The lowest BCUT2D eigenvalue weighted by Crippen LogP contribution is -2.48. The van der Waals surface area contributed by atoms with E-state index in [-0.39, 0.29) is 17.0 Å². The number of hydrazine groups is 2. The molecule has 0 unspecified atom stereocenters. The van der Waals surface area contributed by atoms with Crippen molar-refractivity contribution < 1.29 is 18.3 Å². The molecule has 0 atom stereocenters. The Morgan fingerprint density at radius 1 is 1.33 bits per heavy atom. The smallest absolute Gasteiger partial charge is 0.350 e. The van der Waals surface area contributed by atoms with Crippen LogP contribution in [0.2, 0.25) is 0 Å². The van der Waals surface area contributed by atoms with Gasteiger partial charge in [-0.1, -0.05) is 13.8 Å². The molecule has 0 aliphatic heterocycles. The summed E-state index contributed by atoms with van der Waals surface area (Å²) in [6, 6.07) is 5.15. The number of nitrogens with two attached hydrogens (primary N) is 2. The number of furan rings is 1. The fraction of sp³-hybridized carbons (Fsp3) is 0.188. The average molecular weight is 336 g/mol. The maximum absolute atomic E-state index is 13.9. The first-order valence-corrected chi connectivity index (χ1v) is 7.22. The Hall–Kier alpha value is -2.84. The van der Waals surface area contributed by atoms with Gasteiger partial charge in [0.25, 0.3) is 0 Å². The monoisotopic (exact) mass is 336 g/mol. The van der Waals surface area contributed by atoms with Gasteiger partial charge in [-0.3, -0.25) is 5.43 Å². The molecule has 2 aromatic rings. The standard InChI is InChI=1S/C14H15FN4O3.C2H6/c1-21-13-10(5-4-9-3-2-8-22-9)12(7-6-11(13)15)19(17)14(20)18-16;1-2/h2-8H,16-17H2,1H3,(H,18,20);1-2H3/b5-4+;. The zero-order chi connectivity index (χ0) is 18.1. The number of carbonyl (C=O) groups is 1. The molecule has 7 nitrogen and oxygen atoms in total. The number of nitrogens with zero attached hydrogens (tertiary/aromatic N) is 1. The molecule has 24 heavy (non-hydrogen) atoms. The Morgan fingerprint density at radius 2 is 2.04 bits per heavy atom. The molecule has 5 N–H and O–H groups in total. The van der Waals surface area contributed by atoms with E-state index in [2.05, 4.69) is 0 Å². The second-order valence-corrected chi connectivity index (χ2v) is 4.18. The first kappa shape index (κ1) is 19.2. The number of ether oxygens (including phenoxy) is 1. The number of hydrogen-bond acceptors (Lipinski definition) is 5. The van der Waals surface area contributed by atoms with Crippen molar-refractivity contribution in [3.05, 3.63) is 47.7 Å². The van der Waals surface area contributed by atoms with Crippen molar-refractivity contribution in [2.24, 2.45) is 11.7 Å². The van der Waals surface area contributed by atoms with E-state index in [0.29, 0.717) is 5.76 Å². The molecule has 2 amide bonds. The Bertz CT molecular complexity index is 687. The van der Waals surface area contributed by atoms with Crippen LogP contribution in [-0.4, -0.2) is 13.1 Å². The molecule has 1 aromatic carbocycles. The van der Waals surface area contributed by atoms with Crippen molar-refractivity contribution in [3.8, 4) is 5.75 Å². The number of halogens is 1. The third kappa shape index (κ3) is 4.34. The molecule has 1 aromatic heterocycles. The molecule has 0 aliphatic rings. The van der Waals surface area contributed by atoms with Crippen LogP contribution in [0, 0.1) is 5.82 Å². The van der Waals surface area contributed by atoms with Gasteiger partial charge < -0.3 is 9.15 Å². The first-order valence-electron chi connectivity index (χ1n) is 7.22. The SMILES string of the molecule is CC.COc1c(F)ccc(N(N)C(=O)NN)c1/C=C/c1ccco1. The molecule has 0 saturated carbocycles. The molecule has 0 spiro atoms. The summed E-state index contributed by atoms with van der Waals surface area (Å²) >= 11 is 0. The van der Waals surface area contributed by atoms with E-state index >= 15 is 0 Å². The normalized spacial score (nSPS) is 10.1. The highest BCUT2D eigenvalue weighted by atomic mass is 19.1. The van der Waals surface area contributed by atoms with Crippen molar-refractivity contribution in [1.29, 1.82) is 0 Å². The van der Waals surface area contributed by atoms with Gasteiger partial charge in [0.2, 0.25) is 0 Å². The average Bonchev–Trinajstić information content (AvgIpc) is 3.13. The molecule has 0 bridgehead atoms. The van der Waals surface area contributed by atoms with E-state index < -0.39 is 11.8 Å². The fourth-order valence-electron chi connectivity index (χ4n) is 1.87. The molecule has 0 saturated heterocycles. The molecule has 0 aliphatic carbocycles. The minimum absolute atomic E-state index is 0.0550. The maximum Gasteiger partial charge on any atom is 0.350 e. The number of amides is 2. The number of urea groups is 1. The quantitative estimate of drug-likeness (QED) is 0.452. The summed E-state index contributed by atoms with van der Waals surface area (Å²) < 4.78 is 24.1. The third-order valence-corrected chi connectivity index (χ3v) is 2.89. The largest absolute Gasteiger partial charge is 0.493 e. The van der Waals surface area contributed by atoms with Gasteiger partial charge in [0.1, 0.15) is 5.76 Å². The molecule has 2 rings (SSSR count). The summed E-state index contributed by atoms with van der Waals surface area (Å²) in [5.41, 5.74) is 2.38. The molecular formula is C16H21FN4O3. The van der Waals surface area contributed by atoms with Crippen LogP contribution in [0.15, 0.2) is 34.9 Å². The Balaban J connectivity index is 0.00000139. The zero-order valence-corrected chi connectivity index (χ0v) is 13.7. The topological polar surface area (TPSA) is 107 Å². The highest BCUT2D eigenvalue weighted by Crippen LogP contribution is 2.33. The van der Waals surface area contributed by atoms with Crippen LogP contribution in [0.1, 0.15) is 25.2 Å². The highest BCUT2D eigenvalue weighted by Gasteiger charge is 2.19. The minimum Gasteiger partial charge on any atom is -0.493 e. The Morgan fingerprint density at radius 3 is 2.58 bits per heavy atom. The van der Waals surface area contributed by atoms with E-state index in [1.807, 2.05) is 19.3 Å². The Labute approximate surface area is 139 Å². The van der Waals surface area contributed by atoms with Gasteiger partial charge in [0.15, 0.2) is 11.6 Å². The predicted octanol–water partition coefficient (Wildman–Crippen LogP) is 2.89. The fourth-order valence-corrected chi connectivity index (χ4v) is 1.87. The predicted molar refractivity (Wildman–Crippen MR) is 91.3 cm³/mol. The molecular weight excluding hydrogens is 315 g/mol. The van der Waals surface area contributed by atoms with Crippen LogP contribution in [0.25, 0.3) is 12.2 Å². The van der Waals surface area contributed by atoms with E-state index in [9.17, 15) is 9.18 Å². The third-order valence-electron chi connectivity index (χ3n) is 2.89. The van der Waals surface area contributed by atoms with Crippen LogP contribution < -0.4 is 26.9 Å². The molecule has 130 valence electrons. The van der Waals surface area contributed by atoms with E-state index in [1.54, 1.807) is 18.2 Å². The van der Waals surface area contributed by atoms with Gasteiger partial charge in [0.05, 0.1) is 19.1 Å². The van der Waals surface area contributed by atoms with Crippen LogP contribution in [0.3, 0.4) is 0 Å². The zero-order valence-electron chi connectivity index (χ0n) is 13.7. The molecule has 0 radical (unpaired) electrons. The minimum atomic E-state index is -0.763. The van der Waals surface area contributed by atoms with Crippen molar-refractivity contribution in [2.75, 3.05) is 12.1 Å². The molecule has 8 heteroatoms. The number of hydrogen-bond donors (Lipinski definition) is 3. The second-order valence-electron chi connectivity index (χ2n) is 4.18. The summed E-state index contributed by atoms with van der Waals surface area (Å²) in [7, 11) is 1.32. The number of anilines is 1. The summed E-state index contributed by atoms with van der Waals surface area (Å²) in [5, 5.41) is 0.754. The van der Waals surface area contributed by atoms with Crippen molar-refractivity contribution in [2.45, 2.75) is 13.8 Å². The van der Waals surface area contributed by atoms with E-state index in [4.69, 9.17) is 20.8 Å². The van der Waals surface area contributed by atoms with Gasteiger partial charge in [-0.2, -0.15) is 0 Å². The van der Waals surface area contributed by atoms with Crippen LogP contribution in [0.5, 0.6) is 5.75 Å². The summed E-state index contributed by atoms with van der Waals surface area (Å²) in [6.07, 6.45) is 4.62. The van der Waals surface area contributed by atoms with Crippen LogP contribution >= 0.6 is 0 Å². The second kappa shape index (κ2) is 9.33. The van der Waals surface area contributed by atoms with Gasteiger partial charge in [-0.25, -0.2) is 25.9 Å². The number of methoxy groups -OCH3 is 1. The van der Waals surface area contributed by atoms with Gasteiger partial charge in [-0.05, 0) is 36.4 Å². The summed E-state index contributed by atoms with van der Waals surface area (Å²) in [5.74, 6) is 10.6. The van der Waals surface area contributed by atoms with Gasteiger partial charge in [0, 0.05) is 5.56 Å². The van der Waals surface area contributed by atoms with Crippen LogP contribution in [-0.2, 0) is 0 Å². The van der Waals surface area contributed by atoms with Gasteiger partial charge in [-0.15, -0.1) is 0 Å². The number of benzene rings is 1. The van der Waals surface area contributed by atoms with Crippen LogP contribution in [0.4, 0.5) is 14.9 Å². The lowest BCUT2D eigenvalue weighted by molar-refractivity contribution is 0.246. The van der Waals surface area contributed by atoms with Gasteiger partial charge >= 0.3 is 6.03 Å². The van der Waals surface area contributed by atoms with Crippen molar-refractivity contribution in [1.82, 2.24) is 5.43 Å². The molecule has 1 heterocycles. The van der Waals surface area contributed by atoms with E-state index in [1.165, 1.54) is 25.5 Å². The lowest BCUT2D eigenvalue weighted by atomic mass is 10.1. The van der Waals surface area contributed by atoms with Crippen molar-refractivity contribution in [3.63, 3.8) is 0 Å². The van der Waals surface area contributed by atoms with Crippen molar-refractivity contribution >= 4 is 23.9 Å². The highest BCUT2D eigenvalue weighted by molar-refractivity contribution is 5.94. The number of carbonyl (C=O) groups excluding carboxylic acids is 1. The number of nitrogens with one attached hydrogen (secondary N) is 1. The molecule has 0 fully saturated rings. The first-order chi connectivity index (χ1) is 11.6. The Kier molecular flexibility index (Phi) is 7.47. The van der Waals surface area contributed by atoms with E-state index in [0.717, 1.165) is 11.1 Å². The number of rotatable bonds is 4. The maximum atomic E-state index is 13.9. The lowest BCUT2D eigenvalue weighted by Gasteiger charge is -2.20. The summed E-state index contributed by atoms with van der Waals surface area (Å²) in [6.45, 7) is 4.00. The summed E-state index contributed by atoms with van der Waals surface area (Å²) in [4.78, 5) is 11.6.